The molecule has 1 atom stereocenters. The maximum atomic E-state index is 6.00. The van der Waals surface area contributed by atoms with E-state index in [1.807, 2.05) is 0 Å². The Labute approximate surface area is 118 Å². The van der Waals surface area contributed by atoms with E-state index in [-0.39, 0.29) is 11.7 Å². The Morgan fingerprint density at radius 1 is 1.30 bits per heavy atom. The van der Waals surface area contributed by atoms with Crippen LogP contribution in [0, 0.1) is 0 Å². The molecule has 6 nitrogen and oxygen atoms in total. The number of nitrogens with one attached hydrogen (secondary N) is 1. The van der Waals surface area contributed by atoms with Crippen LogP contribution in [0.3, 0.4) is 0 Å². The van der Waals surface area contributed by atoms with E-state index < -0.39 is 0 Å². The zero-order chi connectivity index (χ0) is 13.4. The summed E-state index contributed by atoms with van der Waals surface area (Å²) < 4.78 is 17.1. The molecule has 3 aliphatic rings. The quantitative estimate of drug-likeness (QED) is 0.898. The van der Waals surface area contributed by atoms with Gasteiger partial charge in [-0.15, -0.1) is 0 Å². The van der Waals surface area contributed by atoms with Gasteiger partial charge >= 0.3 is 0 Å². The van der Waals surface area contributed by atoms with E-state index in [1.54, 1.807) is 0 Å². The number of ether oxygens (including phenoxy) is 2. The maximum Gasteiger partial charge on any atom is 0.252 e. The van der Waals surface area contributed by atoms with Gasteiger partial charge in [-0.3, -0.25) is 0 Å². The topological polar surface area (TPSA) is 69.4 Å². The monoisotopic (exact) mass is 279 g/mol. The third kappa shape index (κ3) is 2.60. The second kappa shape index (κ2) is 5.09. The highest BCUT2D eigenvalue weighted by Gasteiger charge is 2.41. The Hall–Kier alpha value is -0.980. The first-order valence-corrected chi connectivity index (χ1v) is 7.62. The van der Waals surface area contributed by atoms with E-state index in [0.29, 0.717) is 25.0 Å². The van der Waals surface area contributed by atoms with Crippen LogP contribution in [0.2, 0.25) is 0 Å². The second-order valence-corrected chi connectivity index (χ2v) is 6.20. The highest BCUT2D eigenvalue weighted by Crippen LogP contribution is 2.38. The number of hydrogen-bond acceptors (Lipinski definition) is 6. The molecular formula is C14H21N3O3. The van der Waals surface area contributed by atoms with Crippen molar-refractivity contribution in [3.8, 4) is 0 Å². The van der Waals surface area contributed by atoms with Gasteiger partial charge in [-0.1, -0.05) is 5.16 Å². The third-order valence-corrected chi connectivity index (χ3v) is 4.56. The van der Waals surface area contributed by atoms with Crippen molar-refractivity contribution in [2.45, 2.75) is 56.3 Å². The molecule has 2 saturated heterocycles. The van der Waals surface area contributed by atoms with Gasteiger partial charge in [0.15, 0.2) is 5.82 Å². The largest absolute Gasteiger partial charge is 0.372 e. The average molecular weight is 279 g/mol. The van der Waals surface area contributed by atoms with Gasteiger partial charge in [-0.2, -0.15) is 4.98 Å². The zero-order valence-corrected chi connectivity index (χ0v) is 11.6. The summed E-state index contributed by atoms with van der Waals surface area (Å²) in [6.07, 6.45) is 5.68. The molecule has 1 unspecified atom stereocenters. The molecule has 0 radical (unpaired) electrons. The third-order valence-electron chi connectivity index (χ3n) is 4.56. The summed E-state index contributed by atoms with van der Waals surface area (Å²) in [6.45, 7) is 3.17. The van der Waals surface area contributed by atoms with Gasteiger partial charge in [0.2, 0.25) is 0 Å². The van der Waals surface area contributed by atoms with E-state index in [9.17, 15) is 0 Å². The predicted octanol–water partition coefficient (Wildman–Crippen LogP) is 1.37. The van der Waals surface area contributed by atoms with Gasteiger partial charge in [0, 0.05) is 12.3 Å². The Bertz CT molecular complexity index is 466. The first kappa shape index (κ1) is 12.7. The van der Waals surface area contributed by atoms with Crippen LogP contribution in [0.15, 0.2) is 4.52 Å². The fourth-order valence-corrected chi connectivity index (χ4v) is 3.16. The lowest BCUT2D eigenvalue weighted by atomic mass is 9.89. The Kier molecular flexibility index (Phi) is 3.24. The lowest BCUT2D eigenvalue weighted by molar-refractivity contribution is -0.0250. The minimum absolute atomic E-state index is 0.0456. The molecule has 1 spiro atoms. The van der Waals surface area contributed by atoms with E-state index in [1.165, 1.54) is 12.8 Å². The molecule has 1 aliphatic carbocycles. The summed E-state index contributed by atoms with van der Waals surface area (Å²) in [5.41, 5.74) is 0.0456. The van der Waals surface area contributed by atoms with Gasteiger partial charge in [0.25, 0.3) is 5.89 Å². The number of nitrogens with zero attached hydrogens (tertiary/aromatic N) is 2. The van der Waals surface area contributed by atoms with Gasteiger partial charge in [0.1, 0.15) is 6.61 Å². The van der Waals surface area contributed by atoms with Gasteiger partial charge in [-0.25, -0.2) is 0 Å². The molecule has 20 heavy (non-hydrogen) atoms. The van der Waals surface area contributed by atoms with Crippen LogP contribution >= 0.6 is 0 Å². The molecule has 4 rings (SSSR count). The highest BCUT2D eigenvalue weighted by molar-refractivity contribution is 5.03. The maximum absolute atomic E-state index is 6.00. The minimum Gasteiger partial charge on any atom is -0.372 e. The first-order chi connectivity index (χ1) is 9.83. The van der Waals surface area contributed by atoms with Crippen molar-refractivity contribution in [1.29, 1.82) is 0 Å². The first-order valence-electron chi connectivity index (χ1n) is 7.62. The number of aromatic nitrogens is 2. The molecule has 0 aromatic carbocycles. The molecule has 1 aromatic heterocycles. The molecule has 3 fully saturated rings. The summed E-state index contributed by atoms with van der Waals surface area (Å²) in [5, 5.41) is 7.37. The molecule has 0 amide bonds. The number of rotatable bonds is 4. The minimum atomic E-state index is 0.0456. The van der Waals surface area contributed by atoms with Crippen molar-refractivity contribution in [2.24, 2.45) is 0 Å². The van der Waals surface area contributed by atoms with Crippen molar-refractivity contribution >= 4 is 0 Å². The van der Waals surface area contributed by atoms with Crippen molar-refractivity contribution < 1.29 is 14.0 Å². The van der Waals surface area contributed by atoms with Crippen LogP contribution in [0.25, 0.3) is 0 Å². The molecule has 1 N–H and O–H groups in total. The van der Waals surface area contributed by atoms with E-state index in [4.69, 9.17) is 14.0 Å². The van der Waals surface area contributed by atoms with Crippen LogP contribution in [0.4, 0.5) is 0 Å². The lowest BCUT2D eigenvalue weighted by Crippen LogP contribution is -2.41. The molecule has 1 aromatic rings. The Morgan fingerprint density at radius 3 is 2.95 bits per heavy atom. The number of hydrogen-bond donors (Lipinski definition) is 1. The average Bonchev–Trinajstić information content (AvgIpc) is 3.10. The molecule has 0 bridgehead atoms. The SMILES string of the molecule is C1CC2(CCN1)CC(OCc1nc(C3CC3)no1)CO2. The van der Waals surface area contributed by atoms with Crippen molar-refractivity contribution in [1.82, 2.24) is 15.5 Å². The molecule has 2 aliphatic heterocycles. The van der Waals surface area contributed by atoms with Crippen molar-refractivity contribution in [3.63, 3.8) is 0 Å². The zero-order valence-electron chi connectivity index (χ0n) is 11.6. The van der Waals surface area contributed by atoms with Crippen molar-refractivity contribution in [3.05, 3.63) is 11.7 Å². The van der Waals surface area contributed by atoms with Crippen LogP contribution in [0.5, 0.6) is 0 Å². The summed E-state index contributed by atoms with van der Waals surface area (Å²) >= 11 is 0. The second-order valence-electron chi connectivity index (χ2n) is 6.20. The molecule has 110 valence electrons. The Balaban J connectivity index is 1.29. The number of piperidine rings is 1. The van der Waals surface area contributed by atoms with Crippen LogP contribution in [-0.2, 0) is 16.1 Å². The van der Waals surface area contributed by atoms with Gasteiger partial charge in [0.05, 0.1) is 18.3 Å². The standard InChI is InChI=1S/C14H21N3O3/c1-2-10(1)13-16-12(20-17-13)9-18-11-7-14(19-8-11)3-5-15-6-4-14/h10-11,15H,1-9H2. The normalized spacial score (nSPS) is 29.1. The predicted molar refractivity (Wildman–Crippen MR) is 70.3 cm³/mol. The smallest absolute Gasteiger partial charge is 0.252 e. The van der Waals surface area contributed by atoms with Crippen LogP contribution in [0.1, 0.15) is 49.7 Å². The van der Waals surface area contributed by atoms with Gasteiger partial charge < -0.3 is 19.3 Å². The fourth-order valence-electron chi connectivity index (χ4n) is 3.16. The highest BCUT2D eigenvalue weighted by atomic mass is 16.6. The molecule has 3 heterocycles. The molecular weight excluding hydrogens is 258 g/mol. The van der Waals surface area contributed by atoms with E-state index >= 15 is 0 Å². The molecule has 6 heteroatoms. The van der Waals surface area contributed by atoms with E-state index in [0.717, 1.165) is 38.2 Å². The summed E-state index contributed by atoms with van der Waals surface area (Å²) in [4.78, 5) is 4.38. The fraction of sp³-hybridized carbons (Fsp3) is 0.857. The molecule has 1 saturated carbocycles. The summed E-state index contributed by atoms with van der Waals surface area (Å²) in [7, 11) is 0. The van der Waals surface area contributed by atoms with Gasteiger partial charge in [-0.05, 0) is 38.8 Å². The summed E-state index contributed by atoms with van der Waals surface area (Å²) in [6, 6.07) is 0. The summed E-state index contributed by atoms with van der Waals surface area (Å²) in [5.74, 6) is 1.97. The Morgan fingerprint density at radius 2 is 2.15 bits per heavy atom. The van der Waals surface area contributed by atoms with Crippen LogP contribution in [-0.4, -0.2) is 41.5 Å². The lowest BCUT2D eigenvalue weighted by Gasteiger charge is -2.32. The van der Waals surface area contributed by atoms with E-state index in [2.05, 4.69) is 15.5 Å². The van der Waals surface area contributed by atoms with Crippen molar-refractivity contribution in [2.75, 3.05) is 19.7 Å². The van der Waals surface area contributed by atoms with Crippen LogP contribution < -0.4 is 5.32 Å².